The Labute approximate surface area is 185 Å². The van der Waals surface area contributed by atoms with Crippen molar-refractivity contribution in [3.05, 3.63) is 72.3 Å². The van der Waals surface area contributed by atoms with E-state index in [1.54, 1.807) is 60.1 Å². The maximum atomic E-state index is 13.3. The van der Waals surface area contributed by atoms with Crippen LogP contribution in [0, 0.1) is 6.92 Å². The molecule has 1 amide bonds. The van der Waals surface area contributed by atoms with E-state index in [4.69, 9.17) is 9.72 Å². The lowest BCUT2D eigenvalue weighted by Crippen LogP contribution is -2.32. The summed E-state index contributed by atoms with van der Waals surface area (Å²) in [6.45, 7) is 3.42. The van der Waals surface area contributed by atoms with E-state index in [0.29, 0.717) is 12.1 Å². The Bertz CT molecular complexity index is 1110. The summed E-state index contributed by atoms with van der Waals surface area (Å²) in [5.74, 6) is 0.665. The molecule has 0 saturated heterocycles. The zero-order valence-electron chi connectivity index (χ0n) is 16.8. The van der Waals surface area contributed by atoms with Gasteiger partial charge >= 0.3 is 0 Å². The van der Waals surface area contributed by atoms with E-state index in [1.165, 1.54) is 5.56 Å². The molecule has 0 spiro atoms. The number of ether oxygens (including phenoxy) is 1. The van der Waals surface area contributed by atoms with Gasteiger partial charge in [-0.15, -0.1) is 12.4 Å². The van der Waals surface area contributed by atoms with Crippen molar-refractivity contribution in [1.82, 2.24) is 14.5 Å². The van der Waals surface area contributed by atoms with Crippen molar-refractivity contribution >= 4 is 45.0 Å². The van der Waals surface area contributed by atoms with Crippen molar-refractivity contribution in [1.29, 1.82) is 0 Å². The van der Waals surface area contributed by atoms with Gasteiger partial charge in [-0.1, -0.05) is 17.4 Å². The third-order valence-corrected chi connectivity index (χ3v) is 5.74. The highest BCUT2D eigenvalue weighted by Gasteiger charge is 2.21. The zero-order valence-corrected chi connectivity index (χ0v) is 18.4. The lowest BCUT2D eigenvalue weighted by molar-refractivity contribution is 0.0986. The molecule has 0 aliphatic rings. The lowest BCUT2D eigenvalue weighted by Gasteiger charge is -2.20. The molecule has 0 aliphatic carbocycles. The molecule has 30 heavy (non-hydrogen) atoms. The highest BCUT2D eigenvalue weighted by Crippen LogP contribution is 2.30. The van der Waals surface area contributed by atoms with Crippen LogP contribution in [-0.4, -0.2) is 34.1 Å². The van der Waals surface area contributed by atoms with Gasteiger partial charge in [-0.05, 0) is 55.3 Å². The van der Waals surface area contributed by atoms with E-state index in [1.807, 2.05) is 22.9 Å². The summed E-state index contributed by atoms with van der Waals surface area (Å²) in [5, 5.41) is 0.719. The number of methoxy groups -OCH3 is 1. The molecule has 0 bridgehead atoms. The van der Waals surface area contributed by atoms with Crippen LogP contribution in [0.1, 0.15) is 22.3 Å². The summed E-state index contributed by atoms with van der Waals surface area (Å²) in [5.41, 5.74) is 2.71. The predicted octanol–water partition coefficient (Wildman–Crippen LogP) is 4.97. The highest BCUT2D eigenvalue weighted by atomic mass is 35.5. The van der Waals surface area contributed by atoms with Crippen LogP contribution in [0.5, 0.6) is 5.75 Å². The minimum atomic E-state index is -0.0611. The Morgan fingerprint density at radius 3 is 2.70 bits per heavy atom. The van der Waals surface area contributed by atoms with Crippen molar-refractivity contribution in [2.45, 2.75) is 19.9 Å². The van der Waals surface area contributed by atoms with Gasteiger partial charge in [0.05, 0.1) is 23.7 Å². The number of benzene rings is 2. The summed E-state index contributed by atoms with van der Waals surface area (Å²) >= 11 is 1.55. The molecule has 2 aromatic heterocycles. The molecule has 4 rings (SSSR count). The van der Waals surface area contributed by atoms with Gasteiger partial charge in [0.2, 0.25) is 0 Å². The van der Waals surface area contributed by atoms with Crippen molar-refractivity contribution in [3.63, 3.8) is 0 Å². The molecule has 2 aromatic carbocycles. The summed E-state index contributed by atoms with van der Waals surface area (Å²) in [4.78, 5) is 23.9. The number of imidazole rings is 1. The number of carbonyl (C=O) groups excluding carboxylic acids is 1. The van der Waals surface area contributed by atoms with Gasteiger partial charge in [0.15, 0.2) is 5.13 Å². The Kier molecular flexibility index (Phi) is 7.07. The van der Waals surface area contributed by atoms with Crippen molar-refractivity contribution in [3.8, 4) is 5.75 Å². The fraction of sp³-hybridized carbons (Fsp3) is 0.227. The number of amides is 1. The van der Waals surface area contributed by atoms with Gasteiger partial charge in [0, 0.05) is 31.0 Å². The van der Waals surface area contributed by atoms with Crippen molar-refractivity contribution in [2.24, 2.45) is 0 Å². The smallest absolute Gasteiger partial charge is 0.260 e. The van der Waals surface area contributed by atoms with Crippen LogP contribution in [0.4, 0.5) is 5.13 Å². The number of thiazole rings is 1. The maximum absolute atomic E-state index is 13.3. The SMILES string of the molecule is COc1ccc(C(=O)N(CCCn2ccnc2)c2nc3ccc(C)cc3s2)cc1.Cl. The number of aromatic nitrogens is 3. The summed E-state index contributed by atoms with van der Waals surface area (Å²) < 4.78 is 8.30. The minimum absolute atomic E-state index is 0. The number of hydrogen-bond donors (Lipinski definition) is 0. The van der Waals surface area contributed by atoms with Crippen molar-refractivity contribution in [2.75, 3.05) is 18.6 Å². The van der Waals surface area contributed by atoms with E-state index in [0.717, 1.165) is 34.1 Å². The first kappa shape index (κ1) is 21.8. The van der Waals surface area contributed by atoms with Gasteiger partial charge in [-0.3, -0.25) is 9.69 Å². The first-order chi connectivity index (χ1) is 14.1. The number of halogens is 1. The quantitative estimate of drug-likeness (QED) is 0.405. The minimum Gasteiger partial charge on any atom is -0.497 e. The second-order valence-corrected chi connectivity index (χ2v) is 7.82. The second-order valence-electron chi connectivity index (χ2n) is 6.81. The number of rotatable bonds is 7. The number of anilines is 1. The Balaban J connectivity index is 0.00000256. The first-order valence-corrected chi connectivity index (χ1v) is 10.2. The highest BCUT2D eigenvalue weighted by molar-refractivity contribution is 7.22. The van der Waals surface area contributed by atoms with Crippen LogP contribution in [-0.2, 0) is 6.54 Å². The third-order valence-electron chi connectivity index (χ3n) is 4.70. The van der Waals surface area contributed by atoms with E-state index >= 15 is 0 Å². The van der Waals surface area contributed by atoms with Crippen molar-refractivity contribution < 1.29 is 9.53 Å². The summed E-state index contributed by atoms with van der Waals surface area (Å²) in [6.07, 6.45) is 6.27. The molecule has 0 unspecified atom stereocenters. The van der Waals surface area contributed by atoms with Gasteiger partial charge in [0.25, 0.3) is 5.91 Å². The number of carbonyl (C=O) groups is 1. The standard InChI is InChI=1S/C22H22N4O2S.ClH/c1-16-4-9-19-20(14-16)29-22(24-19)26(12-3-11-25-13-10-23-15-25)21(27)17-5-7-18(28-2)8-6-17;/h4-10,13-15H,3,11-12H2,1-2H3;1H. The number of fused-ring (bicyclic) bond motifs is 1. The van der Waals surface area contributed by atoms with E-state index in [9.17, 15) is 4.79 Å². The Hall–Kier alpha value is -2.90. The average molecular weight is 443 g/mol. The topological polar surface area (TPSA) is 60.2 Å². The molecule has 8 heteroatoms. The molecule has 156 valence electrons. The van der Waals surface area contributed by atoms with Gasteiger partial charge in [-0.2, -0.15) is 0 Å². The molecule has 0 radical (unpaired) electrons. The molecule has 4 aromatic rings. The van der Waals surface area contributed by atoms with Crippen LogP contribution in [0.2, 0.25) is 0 Å². The van der Waals surface area contributed by atoms with Crippen LogP contribution >= 0.6 is 23.7 Å². The van der Waals surface area contributed by atoms with Crippen LogP contribution in [0.25, 0.3) is 10.2 Å². The fourth-order valence-corrected chi connectivity index (χ4v) is 4.23. The van der Waals surface area contributed by atoms with Gasteiger partial charge in [-0.25, -0.2) is 9.97 Å². The summed E-state index contributed by atoms with van der Waals surface area (Å²) in [7, 11) is 1.61. The van der Waals surface area contributed by atoms with Crippen LogP contribution in [0.3, 0.4) is 0 Å². The molecule has 0 fully saturated rings. The summed E-state index contributed by atoms with van der Waals surface area (Å²) in [6, 6.07) is 13.4. The molecular formula is C22H23ClN4O2S. The molecule has 0 aliphatic heterocycles. The maximum Gasteiger partial charge on any atom is 0.260 e. The molecule has 0 N–H and O–H groups in total. The number of nitrogens with zero attached hydrogens (tertiary/aromatic N) is 4. The van der Waals surface area contributed by atoms with Gasteiger partial charge < -0.3 is 9.30 Å². The van der Waals surface area contributed by atoms with Gasteiger partial charge in [0.1, 0.15) is 5.75 Å². The Morgan fingerprint density at radius 1 is 1.20 bits per heavy atom. The van der Waals surface area contributed by atoms with Crippen LogP contribution in [0.15, 0.2) is 61.2 Å². The zero-order chi connectivity index (χ0) is 20.2. The predicted molar refractivity (Wildman–Crippen MR) is 123 cm³/mol. The third kappa shape index (κ3) is 4.80. The normalized spacial score (nSPS) is 10.6. The average Bonchev–Trinajstić information content (AvgIpc) is 3.40. The molecule has 6 nitrogen and oxygen atoms in total. The monoisotopic (exact) mass is 442 g/mol. The lowest BCUT2D eigenvalue weighted by atomic mass is 10.2. The Morgan fingerprint density at radius 2 is 2.00 bits per heavy atom. The van der Waals surface area contributed by atoms with E-state index in [-0.39, 0.29) is 18.3 Å². The number of hydrogen-bond acceptors (Lipinski definition) is 5. The molecule has 0 atom stereocenters. The fourth-order valence-electron chi connectivity index (χ4n) is 3.14. The largest absolute Gasteiger partial charge is 0.497 e. The number of aryl methyl sites for hydroxylation is 2. The molecule has 2 heterocycles. The van der Waals surface area contributed by atoms with E-state index in [2.05, 4.69) is 18.0 Å². The van der Waals surface area contributed by atoms with Crippen LogP contribution < -0.4 is 9.64 Å². The molecular weight excluding hydrogens is 420 g/mol. The van der Waals surface area contributed by atoms with E-state index < -0.39 is 0 Å². The molecule has 0 saturated carbocycles. The first-order valence-electron chi connectivity index (χ1n) is 9.43. The second kappa shape index (κ2) is 9.73.